The molecule has 1 aliphatic heterocycles. The van der Waals surface area contributed by atoms with Gasteiger partial charge in [0.25, 0.3) is 0 Å². The first kappa shape index (κ1) is 21.5. The van der Waals surface area contributed by atoms with Gasteiger partial charge in [0.15, 0.2) is 5.96 Å². The van der Waals surface area contributed by atoms with Crippen molar-refractivity contribution in [1.82, 2.24) is 10.6 Å². The van der Waals surface area contributed by atoms with Gasteiger partial charge in [-0.1, -0.05) is 6.07 Å². The third-order valence-corrected chi connectivity index (χ3v) is 4.53. The van der Waals surface area contributed by atoms with Crippen molar-refractivity contribution in [3.05, 3.63) is 28.2 Å². The molecule has 0 spiro atoms. The van der Waals surface area contributed by atoms with Crippen LogP contribution in [0.4, 0.5) is 0 Å². The van der Waals surface area contributed by atoms with Gasteiger partial charge in [-0.3, -0.25) is 0 Å². The van der Waals surface area contributed by atoms with Crippen molar-refractivity contribution in [2.75, 3.05) is 26.8 Å². The highest BCUT2D eigenvalue weighted by molar-refractivity contribution is 14.0. The zero-order valence-corrected chi connectivity index (χ0v) is 18.4. The van der Waals surface area contributed by atoms with Gasteiger partial charge >= 0.3 is 0 Å². The van der Waals surface area contributed by atoms with Gasteiger partial charge in [0.2, 0.25) is 0 Å². The average molecular weight is 512 g/mol. The Hall–Kier alpha value is -0.540. The fraction of sp³-hybridized carbons (Fsp3) is 0.588. The summed E-state index contributed by atoms with van der Waals surface area (Å²) in [7, 11) is 1.66. The molecular weight excluding hydrogens is 485 g/mol. The van der Waals surface area contributed by atoms with Crippen LogP contribution in [-0.2, 0) is 11.3 Å². The molecule has 1 aliphatic rings. The molecule has 1 atom stereocenters. The monoisotopic (exact) mass is 511 g/mol. The summed E-state index contributed by atoms with van der Waals surface area (Å²) in [5, 5.41) is 6.67. The molecule has 1 aromatic carbocycles. The molecule has 1 heterocycles. The van der Waals surface area contributed by atoms with Crippen molar-refractivity contribution >= 4 is 45.9 Å². The second-order valence-electron chi connectivity index (χ2n) is 5.92. The maximum Gasteiger partial charge on any atom is 0.191 e. The molecule has 0 radical (unpaired) electrons. The van der Waals surface area contributed by atoms with Gasteiger partial charge in [0.1, 0.15) is 5.75 Å². The predicted octanol–water partition coefficient (Wildman–Crippen LogP) is 3.70. The molecule has 1 aromatic rings. The fourth-order valence-electron chi connectivity index (χ4n) is 2.57. The van der Waals surface area contributed by atoms with Crippen LogP contribution in [0.1, 0.15) is 32.3 Å². The van der Waals surface area contributed by atoms with Crippen molar-refractivity contribution in [1.29, 1.82) is 0 Å². The van der Waals surface area contributed by atoms with E-state index in [9.17, 15) is 0 Å². The molecule has 7 heteroatoms. The zero-order valence-electron chi connectivity index (χ0n) is 14.5. The highest BCUT2D eigenvalue weighted by Gasteiger charge is 2.29. The Balaban J connectivity index is 0.00000288. The first-order valence-electron chi connectivity index (χ1n) is 8.05. The van der Waals surface area contributed by atoms with Crippen LogP contribution in [0.25, 0.3) is 0 Å². The highest BCUT2D eigenvalue weighted by atomic mass is 127. The Kier molecular flexibility index (Phi) is 9.36. The van der Waals surface area contributed by atoms with Gasteiger partial charge in [-0.15, -0.1) is 24.0 Å². The molecule has 0 amide bonds. The third kappa shape index (κ3) is 6.40. The summed E-state index contributed by atoms with van der Waals surface area (Å²) in [4.78, 5) is 4.65. The second-order valence-corrected chi connectivity index (χ2v) is 6.77. The minimum atomic E-state index is -0.0840. The number of hydrogen-bond donors (Lipinski definition) is 2. The van der Waals surface area contributed by atoms with Crippen LogP contribution in [0.2, 0.25) is 0 Å². The number of rotatable bonds is 6. The van der Waals surface area contributed by atoms with Crippen LogP contribution in [0.5, 0.6) is 5.75 Å². The molecular formula is C17H27BrIN3O2. The van der Waals surface area contributed by atoms with E-state index in [2.05, 4.69) is 45.4 Å². The number of nitrogens with zero attached hydrogens (tertiary/aromatic N) is 1. The molecule has 0 saturated carbocycles. The lowest BCUT2D eigenvalue weighted by Crippen LogP contribution is -2.45. The summed E-state index contributed by atoms with van der Waals surface area (Å²) < 4.78 is 12.0. The molecule has 0 aliphatic carbocycles. The van der Waals surface area contributed by atoms with E-state index in [0.717, 1.165) is 54.3 Å². The Morgan fingerprint density at radius 2 is 2.21 bits per heavy atom. The van der Waals surface area contributed by atoms with Crippen LogP contribution in [0.3, 0.4) is 0 Å². The number of nitrogens with one attached hydrogen (secondary N) is 2. The van der Waals surface area contributed by atoms with E-state index < -0.39 is 0 Å². The van der Waals surface area contributed by atoms with Gasteiger partial charge < -0.3 is 20.1 Å². The molecule has 0 aromatic heterocycles. The summed E-state index contributed by atoms with van der Waals surface area (Å²) in [5.74, 6) is 1.64. The number of guanidine groups is 1. The Bertz CT molecular complexity index is 549. The summed E-state index contributed by atoms with van der Waals surface area (Å²) in [6.45, 7) is 7.27. The molecule has 1 unspecified atom stereocenters. The average Bonchev–Trinajstić information content (AvgIpc) is 2.97. The molecule has 5 nitrogen and oxygen atoms in total. The fourth-order valence-corrected chi connectivity index (χ4v) is 3.16. The van der Waals surface area contributed by atoms with Crippen LogP contribution < -0.4 is 15.4 Å². The van der Waals surface area contributed by atoms with E-state index in [1.165, 1.54) is 0 Å². The molecule has 1 saturated heterocycles. The quantitative estimate of drug-likeness (QED) is 0.347. The van der Waals surface area contributed by atoms with Gasteiger partial charge in [0.05, 0.1) is 23.7 Å². The topological polar surface area (TPSA) is 54.9 Å². The van der Waals surface area contributed by atoms with E-state index >= 15 is 0 Å². The van der Waals surface area contributed by atoms with Gasteiger partial charge in [-0.25, -0.2) is 4.99 Å². The highest BCUT2D eigenvalue weighted by Crippen LogP contribution is 2.26. The standard InChI is InChI=1S/C17H26BrN3O2.HI/c1-4-19-16(21-12-17(2)8-5-9-23-17)20-11-13-6-7-15(22-3)14(18)10-13;/h6-7,10H,4-5,8-9,11-12H2,1-3H3,(H2,19,20,21);1H. The third-order valence-electron chi connectivity index (χ3n) is 3.91. The first-order valence-corrected chi connectivity index (χ1v) is 8.84. The zero-order chi connectivity index (χ0) is 16.7. The van der Waals surface area contributed by atoms with Crippen LogP contribution in [-0.4, -0.2) is 38.4 Å². The summed E-state index contributed by atoms with van der Waals surface area (Å²) >= 11 is 3.51. The number of ether oxygens (including phenoxy) is 2. The van der Waals surface area contributed by atoms with Crippen LogP contribution in [0, 0.1) is 0 Å². The second kappa shape index (κ2) is 10.5. The molecule has 136 valence electrons. The Labute approximate surface area is 170 Å². The maximum absolute atomic E-state index is 5.81. The Morgan fingerprint density at radius 3 is 2.79 bits per heavy atom. The molecule has 2 N–H and O–H groups in total. The summed E-state index contributed by atoms with van der Waals surface area (Å²) in [6, 6.07) is 6.01. The van der Waals surface area contributed by atoms with Crippen LogP contribution in [0.15, 0.2) is 27.7 Å². The molecule has 2 rings (SSSR count). The minimum absolute atomic E-state index is 0. The predicted molar refractivity (Wildman–Crippen MR) is 113 cm³/mol. The summed E-state index contributed by atoms with van der Waals surface area (Å²) in [6.07, 6.45) is 2.22. The van der Waals surface area contributed by atoms with E-state index in [4.69, 9.17) is 9.47 Å². The van der Waals surface area contributed by atoms with Gasteiger partial charge in [-0.2, -0.15) is 0 Å². The van der Waals surface area contributed by atoms with Crippen molar-refractivity contribution in [2.24, 2.45) is 4.99 Å². The van der Waals surface area contributed by atoms with Crippen molar-refractivity contribution in [3.63, 3.8) is 0 Å². The number of aliphatic imine (C=N–C) groups is 1. The lowest BCUT2D eigenvalue weighted by Gasteiger charge is -2.24. The van der Waals surface area contributed by atoms with E-state index in [0.29, 0.717) is 6.54 Å². The first-order chi connectivity index (χ1) is 11.1. The van der Waals surface area contributed by atoms with E-state index in [-0.39, 0.29) is 29.6 Å². The number of halogens is 2. The minimum Gasteiger partial charge on any atom is -0.496 e. The lowest BCUT2D eigenvalue weighted by molar-refractivity contribution is 0.0243. The number of hydrogen-bond acceptors (Lipinski definition) is 3. The normalized spacial score (nSPS) is 20.4. The van der Waals surface area contributed by atoms with E-state index in [1.807, 2.05) is 18.2 Å². The number of methoxy groups -OCH3 is 1. The Morgan fingerprint density at radius 1 is 1.42 bits per heavy atom. The maximum atomic E-state index is 5.81. The van der Waals surface area contributed by atoms with Gasteiger partial charge in [0, 0.05) is 19.7 Å². The molecule has 0 bridgehead atoms. The van der Waals surface area contributed by atoms with Crippen molar-refractivity contribution < 1.29 is 9.47 Å². The molecule has 24 heavy (non-hydrogen) atoms. The van der Waals surface area contributed by atoms with Gasteiger partial charge in [-0.05, 0) is 60.3 Å². The van der Waals surface area contributed by atoms with E-state index in [1.54, 1.807) is 7.11 Å². The van der Waals surface area contributed by atoms with Crippen molar-refractivity contribution in [2.45, 2.75) is 38.8 Å². The van der Waals surface area contributed by atoms with Crippen molar-refractivity contribution in [3.8, 4) is 5.75 Å². The van der Waals surface area contributed by atoms with Crippen LogP contribution >= 0.6 is 39.9 Å². The SMILES string of the molecule is CCNC(=NCc1ccc(OC)c(Br)c1)NCC1(C)CCCO1.I. The molecule has 1 fully saturated rings. The smallest absolute Gasteiger partial charge is 0.191 e. The largest absolute Gasteiger partial charge is 0.496 e. The number of benzene rings is 1. The summed E-state index contributed by atoms with van der Waals surface area (Å²) in [5.41, 5.74) is 1.04. The lowest BCUT2D eigenvalue weighted by atomic mass is 10.0.